The number of methoxy groups -OCH3 is 1. The average Bonchev–Trinajstić information content (AvgIpc) is 2.76. The van der Waals surface area contributed by atoms with Gasteiger partial charge >= 0.3 is 18.0 Å². The fourth-order valence-corrected chi connectivity index (χ4v) is 2.00. The smallest absolute Gasteiger partial charge is 0.326 e. The molecule has 0 aromatic heterocycles. The number of carbonyl (C=O) groups excluding carboxylic acids is 1. The monoisotopic (exact) mass is 274 g/mol. The number of hydrogen-bond donors (Lipinski definition) is 3. The number of amides is 2. The number of urea groups is 1. The van der Waals surface area contributed by atoms with Gasteiger partial charge in [0.2, 0.25) is 0 Å². The number of rotatable bonds is 6. The van der Waals surface area contributed by atoms with Crippen LogP contribution in [-0.2, 0) is 14.3 Å². The van der Waals surface area contributed by atoms with Crippen LogP contribution in [0.3, 0.4) is 0 Å². The molecule has 19 heavy (non-hydrogen) atoms. The van der Waals surface area contributed by atoms with E-state index in [1.54, 1.807) is 7.11 Å². The molecule has 2 unspecified atom stereocenters. The summed E-state index contributed by atoms with van der Waals surface area (Å²) in [5.74, 6) is -2.40. The summed E-state index contributed by atoms with van der Waals surface area (Å²) >= 11 is 0. The fraction of sp³-hybridized carbons (Fsp3) is 0.727. The second-order valence-electron chi connectivity index (χ2n) is 4.49. The van der Waals surface area contributed by atoms with Crippen molar-refractivity contribution in [2.75, 3.05) is 26.8 Å². The van der Waals surface area contributed by atoms with Gasteiger partial charge in [0, 0.05) is 26.1 Å². The lowest BCUT2D eigenvalue weighted by atomic mass is 10.1. The zero-order chi connectivity index (χ0) is 14.4. The summed E-state index contributed by atoms with van der Waals surface area (Å²) in [5.41, 5.74) is 0. The summed E-state index contributed by atoms with van der Waals surface area (Å²) in [5, 5.41) is 19.6. The van der Waals surface area contributed by atoms with Crippen LogP contribution >= 0.6 is 0 Å². The molecule has 1 saturated heterocycles. The van der Waals surface area contributed by atoms with E-state index in [0.29, 0.717) is 19.7 Å². The second-order valence-corrected chi connectivity index (χ2v) is 4.49. The highest BCUT2D eigenvalue weighted by Crippen LogP contribution is 2.16. The van der Waals surface area contributed by atoms with Gasteiger partial charge in [-0.2, -0.15) is 0 Å². The molecule has 2 amide bonds. The van der Waals surface area contributed by atoms with E-state index in [1.165, 1.54) is 4.90 Å². The number of carboxylic acid groups (broad SMARTS) is 2. The molecular weight excluding hydrogens is 256 g/mol. The van der Waals surface area contributed by atoms with Crippen molar-refractivity contribution in [1.82, 2.24) is 10.2 Å². The third-order valence-electron chi connectivity index (χ3n) is 2.95. The maximum absolute atomic E-state index is 11.8. The molecule has 1 aliphatic heterocycles. The fourth-order valence-electron chi connectivity index (χ4n) is 2.00. The lowest BCUT2D eigenvalue weighted by Gasteiger charge is -2.20. The second kappa shape index (κ2) is 6.93. The first-order valence-corrected chi connectivity index (χ1v) is 5.93. The first kappa shape index (κ1) is 15.2. The minimum absolute atomic E-state index is 0.235. The molecule has 1 rings (SSSR count). The van der Waals surface area contributed by atoms with Crippen molar-refractivity contribution in [3.05, 3.63) is 0 Å². The molecule has 1 aliphatic rings. The van der Waals surface area contributed by atoms with Crippen molar-refractivity contribution in [3.63, 3.8) is 0 Å². The van der Waals surface area contributed by atoms with Crippen molar-refractivity contribution in [1.29, 1.82) is 0 Å². The Morgan fingerprint density at radius 3 is 2.63 bits per heavy atom. The van der Waals surface area contributed by atoms with Crippen LogP contribution in [0.5, 0.6) is 0 Å². The van der Waals surface area contributed by atoms with Gasteiger partial charge in [0.1, 0.15) is 6.04 Å². The Morgan fingerprint density at radius 2 is 2.11 bits per heavy atom. The molecule has 2 atom stereocenters. The van der Waals surface area contributed by atoms with Gasteiger partial charge in [0.25, 0.3) is 0 Å². The van der Waals surface area contributed by atoms with Crippen LogP contribution < -0.4 is 5.32 Å². The van der Waals surface area contributed by atoms with Crippen LogP contribution in [0.25, 0.3) is 0 Å². The predicted octanol–water partition coefficient (Wildman–Crippen LogP) is -0.408. The molecule has 1 fully saturated rings. The van der Waals surface area contributed by atoms with Gasteiger partial charge in [-0.3, -0.25) is 4.79 Å². The van der Waals surface area contributed by atoms with E-state index in [9.17, 15) is 14.4 Å². The minimum atomic E-state index is -1.41. The van der Waals surface area contributed by atoms with Crippen LogP contribution in [0.4, 0.5) is 4.79 Å². The van der Waals surface area contributed by atoms with E-state index >= 15 is 0 Å². The highest BCUT2D eigenvalue weighted by Gasteiger charge is 2.30. The molecule has 0 spiro atoms. The molecule has 8 heteroatoms. The maximum atomic E-state index is 11.8. The predicted molar refractivity (Wildman–Crippen MR) is 63.8 cm³/mol. The molecule has 108 valence electrons. The third kappa shape index (κ3) is 4.74. The minimum Gasteiger partial charge on any atom is -0.481 e. The van der Waals surface area contributed by atoms with Gasteiger partial charge in [-0.1, -0.05) is 0 Å². The molecule has 8 nitrogen and oxygen atoms in total. The van der Waals surface area contributed by atoms with Crippen LogP contribution in [0.1, 0.15) is 12.8 Å². The largest absolute Gasteiger partial charge is 0.481 e. The average molecular weight is 274 g/mol. The van der Waals surface area contributed by atoms with Crippen molar-refractivity contribution in [2.45, 2.75) is 18.9 Å². The van der Waals surface area contributed by atoms with E-state index in [-0.39, 0.29) is 5.92 Å². The first-order valence-electron chi connectivity index (χ1n) is 5.93. The lowest BCUT2D eigenvalue weighted by Crippen LogP contribution is -2.48. The first-order chi connectivity index (χ1) is 8.93. The Kier molecular flexibility index (Phi) is 5.56. The summed E-state index contributed by atoms with van der Waals surface area (Å²) in [6.45, 7) is 1.54. The van der Waals surface area contributed by atoms with Crippen molar-refractivity contribution in [3.8, 4) is 0 Å². The highest BCUT2D eigenvalue weighted by molar-refractivity contribution is 5.86. The molecule has 0 saturated carbocycles. The summed E-state index contributed by atoms with van der Waals surface area (Å²) < 4.78 is 5.00. The SMILES string of the molecule is COCC1CCN(C(=O)NC(CC(=O)O)C(=O)O)C1. The number of nitrogens with zero attached hydrogens (tertiary/aromatic N) is 1. The summed E-state index contributed by atoms with van der Waals surface area (Å²) in [7, 11) is 1.58. The zero-order valence-electron chi connectivity index (χ0n) is 10.7. The van der Waals surface area contributed by atoms with Gasteiger partial charge in [-0.05, 0) is 6.42 Å². The molecule has 0 radical (unpaired) electrons. The normalized spacial score (nSPS) is 20.1. The molecule has 0 bridgehead atoms. The quantitative estimate of drug-likeness (QED) is 0.606. The number of carbonyl (C=O) groups is 3. The van der Waals surface area contributed by atoms with Gasteiger partial charge in [-0.25, -0.2) is 9.59 Å². The standard InChI is InChI=1S/C11H18N2O6/c1-19-6-7-2-3-13(5-7)11(18)12-8(10(16)17)4-9(14)15/h7-8H,2-6H2,1H3,(H,12,18)(H,14,15)(H,16,17). The number of likely N-dealkylation sites (tertiary alicyclic amines) is 1. The number of carboxylic acids is 2. The topological polar surface area (TPSA) is 116 Å². The molecule has 1 heterocycles. The third-order valence-corrected chi connectivity index (χ3v) is 2.95. The summed E-state index contributed by atoms with van der Waals surface area (Å²) in [6, 6.07) is -1.96. The Hall–Kier alpha value is -1.83. The molecule has 3 N–H and O–H groups in total. The Labute approximate surface area is 110 Å². The molecule has 0 aromatic carbocycles. The molecule has 0 aromatic rings. The molecular formula is C11H18N2O6. The van der Waals surface area contributed by atoms with E-state index in [4.69, 9.17) is 14.9 Å². The van der Waals surface area contributed by atoms with Gasteiger partial charge < -0.3 is 25.2 Å². The van der Waals surface area contributed by atoms with Gasteiger partial charge in [0.15, 0.2) is 0 Å². The summed E-state index contributed by atoms with van der Waals surface area (Å²) in [6.07, 6.45) is 0.147. The number of aliphatic carboxylic acids is 2. The van der Waals surface area contributed by atoms with E-state index in [1.807, 2.05) is 0 Å². The van der Waals surface area contributed by atoms with Crippen LogP contribution in [0, 0.1) is 5.92 Å². The Bertz CT molecular complexity index is 359. The van der Waals surface area contributed by atoms with Crippen molar-refractivity contribution < 1.29 is 29.3 Å². The highest BCUT2D eigenvalue weighted by atomic mass is 16.5. The van der Waals surface area contributed by atoms with Crippen LogP contribution in [0.2, 0.25) is 0 Å². The van der Waals surface area contributed by atoms with E-state index < -0.39 is 30.4 Å². The zero-order valence-corrected chi connectivity index (χ0v) is 10.7. The van der Waals surface area contributed by atoms with Crippen molar-refractivity contribution >= 4 is 18.0 Å². The Morgan fingerprint density at radius 1 is 1.42 bits per heavy atom. The molecule has 0 aliphatic carbocycles. The number of nitrogens with one attached hydrogen (secondary N) is 1. The van der Waals surface area contributed by atoms with Crippen LogP contribution in [0.15, 0.2) is 0 Å². The maximum Gasteiger partial charge on any atom is 0.326 e. The van der Waals surface area contributed by atoms with E-state index in [0.717, 1.165) is 6.42 Å². The van der Waals surface area contributed by atoms with Crippen LogP contribution in [-0.4, -0.2) is 65.9 Å². The number of ether oxygens (including phenoxy) is 1. The van der Waals surface area contributed by atoms with Crippen molar-refractivity contribution in [2.24, 2.45) is 5.92 Å². The summed E-state index contributed by atoms with van der Waals surface area (Å²) in [4.78, 5) is 34.6. The lowest BCUT2D eigenvalue weighted by molar-refractivity contribution is -0.145. The number of hydrogen-bond acceptors (Lipinski definition) is 4. The Balaban J connectivity index is 2.49. The van der Waals surface area contributed by atoms with Gasteiger partial charge in [-0.15, -0.1) is 0 Å². The van der Waals surface area contributed by atoms with Gasteiger partial charge in [0.05, 0.1) is 13.0 Å². The van der Waals surface area contributed by atoms with E-state index in [2.05, 4.69) is 5.32 Å².